The lowest BCUT2D eigenvalue weighted by Crippen LogP contribution is -2.14. The predicted molar refractivity (Wildman–Crippen MR) is 92.9 cm³/mol. The highest BCUT2D eigenvalue weighted by atomic mass is 16.5. The number of rotatable bonds is 2. The highest BCUT2D eigenvalue weighted by Crippen LogP contribution is 2.39. The molecule has 1 aliphatic heterocycles. The van der Waals surface area contributed by atoms with Crippen molar-refractivity contribution in [3.63, 3.8) is 0 Å². The van der Waals surface area contributed by atoms with Gasteiger partial charge in [-0.2, -0.15) is 0 Å². The van der Waals surface area contributed by atoms with E-state index in [1.54, 1.807) is 6.08 Å². The summed E-state index contributed by atoms with van der Waals surface area (Å²) in [6.45, 7) is 5.14. The molecule has 1 N–H and O–H groups in total. The second-order valence-electron chi connectivity index (χ2n) is 6.33. The number of benzene rings is 1. The summed E-state index contributed by atoms with van der Waals surface area (Å²) >= 11 is 0. The summed E-state index contributed by atoms with van der Waals surface area (Å²) in [7, 11) is 0. The van der Waals surface area contributed by atoms with Gasteiger partial charge in [0.2, 0.25) is 0 Å². The molecule has 3 rings (SSSR count). The Morgan fingerprint density at radius 2 is 1.96 bits per heavy atom. The monoisotopic (exact) mass is 312 g/mol. The Hall–Kier alpha value is -2.29. The van der Waals surface area contributed by atoms with E-state index in [9.17, 15) is 4.79 Å². The number of allylic oxidation sites excluding steroid dienone is 5. The number of aliphatic carboxylic acids is 1. The van der Waals surface area contributed by atoms with Gasteiger partial charge in [0.05, 0.1) is 6.61 Å². The van der Waals surface area contributed by atoms with Gasteiger partial charge in [-0.1, -0.05) is 62.4 Å². The third-order valence-corrected chi connectivity index (χ3v) is 3.99. The molecule has 0 saturated carbocycles. The van der Waals surface area contributed by atoms with E-state index in [1.165, 1.54) is 11.1 Å². The summed E-state index contributed by atoms with van der Waals surface area (Å²) in [5, 5.41) is 8.34. The van der Waals surface area contributed by atoms with Crippen LogP contribution in [0.1, 0.15) is 38.7 Å². The molecule has 3 heteroatoms. The van der Waals surface area contributed by atoms with Crippen LogP contribution < -0.4 is 0 Å². The summed E-state index contributed by atoms with van der Waals surface area (Å²) in [6.07, 6.45) is 11.1. The SMILES string of the molecule is CC1(C)CC=CC=C1c1ccccc1.O=C(O)C1=CCCCO1. The van der Waals surface area contributed by atoms with Crippen molar-refractivity contribution in [3.05, 3.63) is 66.0 Å². The molecule has 0 radical (unpaired) electrons. The van der Waals surface area contributed by atoms with Gasteiger partial charge in [0.1, 0.15) is 0 Å². The van der Waals surface area contributed by atoms with Crippen LogP contribution in [0.3, 0.4) is 0 Å². The molecule has 0 saturated heterocycles. The summed E-state index contributed by atoms with van der Waals surface area (Å²) in [6, 6.07) is 10.6. The van der Waals surface area contributed by atoms with E-state index in [0.717, 1.165) is 19.3 Å². The van der Waals surface area contributed by atoms with Crippen molar-refractivity contribution in [3.8, 4) is 0 Å². The van der Waals surface area contributed by atoms with E-state index in [4.69, 9.17) is 9.84 Å². The fourth-order valence-electron chi connectivity index (χ4n) is 2.67. The second kappa shape index (κ2) is 7.82. The molecule has 1 heterocycles. The first-order chi connectivity index (χ1) is 11.0. The molecule has 0 bridgehead atoms. The molecule has 0 fully saturated rings. The van der Waals surface area contributed by atoms with Crippen LogP contribution in [0.25, 0.3) is 5.57 Å². The van der Waals surface area contributed by atoms with Gasteiger partial charge in [0.15, 0.2) is 5.76 Å². The lowest BCUT2D eigenvalue weighted by atomic mass is 9.75. The molecule has 0 aromatic heterocycles. The number of hydrogen-bond acceptors (Lipinski definition) is 2. The highest BCUT2D eigenvalue weighted by Gasteiger charge is 2.24. The van der Waals surface area contributed by atoms with Gasteiger partial charge in [-0.05, 0) is 41.9 Å². The molecular formula is C20H24O3. The van der Waals surface area contributed by atoms with Gasteiger partial charge in [-0.25, -0.2) is 4.79 Å². The van der Waals surface area contributed by atoms with E-state index in [1.807, 2.05) is 0 Å². The molecule has 23 heavy (non-hydrogen) atoms. The molecule has 2 aliphatic rings. The van der Waals surface area contributed by atoms with Crippen LogP contribution in [0.5, 0.6) is 0 Å². The maximum absolute atomic E-state index is 10.2. The largest absolute Gasteiger partial charge is 0.487 e. The average molecular weight is 312 g/mol. The van der Waals surface area contributed by atoms with Crippen molar-refractivity contribution < 1.29 is 14.6 Å². The Bertz CT molecular complexity index is 622. The molecule has 0 amide bonds. The molecule has 0 unspecified atom stereocenters. The standard InChI is InChI=1S/C14H16.C6H8O3/c1-14(2)11-7-6-10-13(14)12-8-4-3-5-9-12;7-6(8)5-3-1-2-4-9-5/h3-10H,11H2,1-2H3;3H,1-2,4H2,(H,7,8). The normalized spacial score (nSPS) is 18.7. The molecule has 1 aliphatic carbocycles. The molecule has 122 valence electrons. The first-order valence-electron chi connectivity index (χ1n) is 8.00. The minimum atomic E-state index is -0.963. The van der Waals surface area contributed by atoms with E-state index in [0.29, 0.717) is 6.61 Å². The van der Waals surface area contributed by atoms with Gasteiger partial charge < -0.3 is 9.84 Å². The Balaban J connectivity index is 0.000000185. The maximum Gasteiger partial charge on any atom is 0.370 e. The van der Waals surface area contributed by atoms with Crippen molar-refractivity contribution in [2.45, 2.75) is 33.1 Å². The van der Waals surface area contributed by atoms with Crippen LogP contribution in [0.2, 0.25) is 0 Å². The number of carboxylic acid groups (broad SMARTS) is 1. The highest BCUT2D eigenvalue weighted by molar-refractivity contribution is 5.84. The van der Waals surface area contributed by atoms with Crippen LogP contribution >= 0.6 is 0 Å². The number of carboxylic acids is 1. The fraction of sp³-hybridized carbons (Fsp3) is 0.350. The van der Waals surface area contributed by atoms with Crippen molar-refractivity contribution in [1.82, 2.24) is 0 Å². The lowest BCUT2D eigenvalue weighted by Gasteiger charge is -2.29. The zero-order chi connectivity index (χ0) is 16.7. The third-order valence-electron chi connectivity index (χ3n) is 3.99. The summed E-state index contributed by atoms with van der Waals surface area (Å²) in [4.78, 5) is 10.2. The van der Waals surface area contributed by atoms with Gasteiger partial charge in [0.25, 0.3) is 0 Å². The van der Waals surface area contributed by atoms with Crippen molar-refractivity contribution in [2.24, 2.45) is 5.41 Å². The van der Waals surface area contributed by atoms with Gasteiger partial charge in [-0.15, -0.1) is 0 Å². The zero-order valence-electron chi connectivity index (χ0n) is 13.8. The van der Waals surface area contributed by atoms with Crippen LogP contribution in [0.15, 0.2) is 60.4 Å². The molecule has 0 spiro atoms. The van der Waals surface area contributed by atoms with Crippen LogP contribution in [-0.4, -0.2) is 17.7 Å². The maximum atomic E-state index is 10.2. The predicted octanol–water partition coefficient (Wildman–Crippen LogP) is 4.82. The van der Waals surface area contributed by atoms with Crippen molar-refractivity contribution in [1.29, 1.82) is 0 Å². The Morgan fingerprint density at radius 1 is 1.22 bits per heavy atom. The number of hydrogen-bond donors (Lipinski definition) is 1. The van der Waals surface area contributed by atoms with Crippen LogP contribution in [0.4, 0.5) is 0 Å². The number of carbonyl (C=O) groups is 1. The van der Waals surface area contributed by atoms with Crippen LogP contribution in [-0.2, 0) is 9.53 Å². The molecule has 0 atom stereocenters. The zero-order valence-corrected chi connectivity index (χ0v) is 13.8. The second-order valence-corrected chi connectivity index (χ2v) is 6.33. The van der Waals surface area contributed by atoms with E-state index < -0.39 is 5.97 Å². The van der Waals surface area contributed by atoms with Gasteiger partial charge in [-0.3, -0.25) is 0 Å². The molecule has 1 aromatic rings. The first-order valence-corrected chi connectivity index (χ1v) is 8.00. The third kappa shape index (κ3) is 4.85. The first kappa shape index (κ1) is 17.1. The van der Waals surface area contributed by atoms with Gasteiger partial charge in [0, 0.05) is 0 Å². The Morgan fingerprint density at radius 3 is 2.48 bits per heavy atom. The fourth-order valence-corrected chi connectivity index (χ4v) is 2.67. The smallest absolute Gasteiger partial charge is 0.370 e. The lowest BCUT2D eigenvalue weighted by molar-refractivity contribution is -0.136. The van der Waals surface area contributed by atoms with Crippen molar-refractivity contribution >= 4 is 11.5 Å². The Kier molecular flexibility index (Phi) is 5.80. The van der Waals surface area contributed by atoms with E-state index >= 15 is 0 Å². The number of ether oxygens (including phenoxy) is 1. The van der Waals surface area contributed by atoms with Crippen molar-refractivity contribution in [2.75, 3.05) is 6.61 Å². The summed E-state index contributed by atoms with van der Waals surface area (Å²) < 4.78 is 4.80. The Labute approximate surface area is 138 Å². The summed E-state index contributed by atoms with van der Waals surface area (Å²) in [5.41, 5.74) is 3.07. The van der Waals surface area contributed by atoms with Crippen LogP contribution in [0, 0.1) is 5.41 Å². The van der Waals surface area contributed by atoms with E-state index in [-0.39, 0.29) is 11.2 Å². The molecule has 3 nitrogen and oxygen atoms in total. The minimum absolute atomic E-state index is 0.0984. The quantitative estimate of drug-likeness (QED) is 0.851. The topological polar surface area (TPSA) is 46.5 Å². The van der Waals surface area contributed by atoms with Gasteiger partial charge >= 0.3 is 5.97 Å². The minimum Gasteiger partial charge on any atom is -0.487 e. The molecule has 1 aromatic carbocycles. The molecular weight excluding hydrogens is 288 g/mol. The average Bonchev–Trinajstić information content (AvgIpc) is 2.57. The van der Waals surface area contributed by atoms with E-state index in [2.05, 4.69) is 62.4 Å². The summed E-state index contributed by atoms with van der Waals surface area (Å²) in [5.74, 6) is -0.865.